The number of anilines is 2. The average molecular weight is 405 g/mol. The van der Waals surface area contributed by atoms with Crippen LogP contribution in [0.5, 0.6) is 0 Å². The molecule has 0 saturated carbocycles. The molecular formula is C12H16N6O2S4. The number of hydrogen-bond acceptors (Lipinski definition) is 10. The molecule has 2 amide bonds. The van der Waals surface area contributed by atoms with Gasteiger partial charge in [0, 0.05) is 5.92 Å². The second-order valence-electron chi connectivity index (χ2n) is 4.66. The number of rotatable bonds is 8. The van der Waals surface area contributed by atoms with Crippen LogP contribution in [-0.4, -0.2) is 43.7 Å². The number of hydrogen-bond donors (Lipinski definition) is 2. The third-order valence-electron chi connectivity index (χ3n) is 2.41. The molecule has 12 heteroatoms. The molecule has 8 nitrogen and oxygen atoms in total. The van der Waals surface area contributed by atoms with Crippen molar-refractivity contribution in [3.63, 3.8) is 0 Å². The van der Waals surface area contributed by atoms with Crippen molar-refractivity contribution in [2.24, 2.45) is 5.92 Å². The zero-order valence-corrected chi connectivity index (χ0v) is 16.5. The van der Waals surface area contributed by atoms with E-state index in [0.29, 0.717) is 14.6 Å². The molecule has 2 aromatic rings. The van der Waals surface area contributed by atoms with Crippen molar-refractivity contribution in [2.45, 2.75) is 29.5 Å². The van der Waals surface area contributed by atoms with E-state index in [-0.39, 0.29) is 23.5 Å². The molecule has 2 aromatic heterocycles. The van der Waals surface area contributed by atoms with Gasteiger partial charge in [-0.15, -0.1) is 20.4 Å². The fraction of sp³-hybridized carbons (Fsp3) is 0.500. The summed E-state index contributed by atoms with van der Waals surface area (Å²) in [7, 11) is 0. The minimum atomic E-state index is -0.188. The van der Waals surface area contributed by atoms with Crippen LogP contribution in [0, 0.1) is 5.92 Å². The molecule has 0 saturated heterocycles. The number of thioether (sulfide) groups is 2. The molecule has 0 aliphatic carbocycles. The number of nitrogens with zero attached hydrogens (tertiary/aromatic N) is 4. The maximum absolute atomic E-state index is 11.9. The Hall–Kier alpha value is -1.24. The molecule has 2 N–H and O–H groups in total. The van der Waals surface area contributed by atoms with E-state index in [2.05, 4.69) is 31.0 Å². The first-order valence-corrected chi connectivity index (χ1v) is 10.6. The summed E-state index contributed by atoms with van der Waals surface area (Å²) < 4.78 is 1.44. The van der Waals surface area contributed by atoms with Crippen LogP contribution >= 0.6 is 46.2 Å². The van der Waals surface area contributed by atoms with Gasteiger partial charge in [0.1, 0.15) is 0 Å². The molecule has 130 valence electrons. The van der Waals surface area contributed by atoms with Crippen LogP contribution in [-0.2, 0) is 9.59 Å². The minimum Gasteiger partial charge on any atom is -0.300 e. The van der Waals surface area contributed by atoms with E-state index in [0.717, 1.165) is 10.1 Å². The zero-order valence-electron chi connectivity index (χ0n) is 13.2. The van der Waals surface area contributed by atoms with E-state index in [4.69, 9.17) is 0 Å². The summed E-state index contributed by atoms with van der Waals surface area (Å²) in [5.74, 6) is 0.663. The van der Waals surface area contributed by atoms with Crippen LogP contribution in [0.3, 0.4) is 0 Å². The van der Waals surface area contributed by atoms with Crippen molar-refractivity contribution in [3.8, 4) is 0 Å². The van der Waals surface area contributed by atoms with Crippen molar-refractivity contribution >= 4 is 68.3 Å². The molecule has 0 aromatic carbocycles. The molecule has 0 fully saturated rings. The lowest BCUT2D eigenvalue weighted by molar-refractivity contribution is -0.119. The molecule has 0 aliphatic heterocycles. The van der Waals surface area contributed by atoms with Gasteiger partial charge in [-0.2, -0.15) is 0 Å². The Kier molecular flexibility index (Phi) is 7.40. The fourth-order valence-corrected chi connectivity index (χ4v) is 4.51. The summed E-state index contributed by atoms with van der Waals surface area (Å²) in [6.07, 6.45) is 0. The van der Waals surface area contributed by atoms with Crippen molar-refractivity contribution in [2.75, 3.05) is 22.1 Å². The third-order valence-corrected chi connectivity index (χ3v) is 6.23. The summed E-state index contributed by atoms with van der Waals surface area (Å²) >= 11 is 5.42. The Morgan fingerprint density at radius 1 is 1.00 bits per heavy atom. The molecule has 24 heavy (non-hydrogen) atoms. The number of amides is 2. The normalized spacial score (nSPS) is 10.8. The lowest BCUT2D eigenvalue weighted by Gasteiger charge is -2.02. The first kappa shape index (κ1) is 19.1. The Morgan fingerprint density at radius 2 is 1.58 bits per heavy atom. The molecule has 0 bridgehead atoms. The summed E-state index contributed by atoms with van der Waals surface area (Å²) in [6, 6.07) is 0. The van der Waals surface area contributed by atoms with Crippen molar-refractivity contribution < 1.29 is 9.59 Å². The lowest BCUT2D eigenvalue weighted by Crippen LogP contribution is -2.17. The van der Waals surface area contributed by atoms with Gasteiger partial charge in [-0.1, -0.05) is 67.0 Å². The van der Waals surface area contributed by atoms with E-state index in [1.165, 1.54) is 34.4 Å². The predicted octanol–water partition coefficient (Wildman–Crippen LogP) is 2.83. The van der Waals surface area contributed by atoms with Gasteiger partial charge < -0.3 is 5.32 Å². The van der Waals surface area contributed by atoms with E-state index >= 15 is 0 Å². The minimum absolute atomic E-state index is 0.113. The van der Waals surface area contributed by atoms with E-state index < -0.39 is 0 Å². The highest BCUT2D eigenvalue weighted by atomic mass is 32.2. The van der Waals surface area contributed by atoms with Gasteiger partial charge >= 0.3 is 0 Å². The van der Waals surface area contributed by atoms with Gasteiger partial charge in [-0.05, 0) is 5.75 Å². The monoisotopic (exact) mass is 404 g/mol. The summed E-state index contributed by atoms with van der Waals surface area (Å²) in [4.78, 5) is 23.5. The first-order chi connectivity index (χ1) is 11.5. The van der Waals surface area contributed by atoms with Crippen molar-refractivity contribution in [1.29, 1.82) is 0 Å². The van der Waals surface area contributed by atoms with Crippen LogP contribution in [0.15, 0.2) is 8.68 Å². The quantitative estimate of drug-likeness (QED) is 0.510. The molecule has 0 aliphatic rings. The highest BCUT2D eigenvalue weighted by Crippen LogP contribution is 2.27. The standard InChI is InChI=1S/C12H16N6O2S4/c1-4-21-11-17-15-9(23-11)13-7(19)5-22-12-18-16-10(24-12)14-8(20)6(2)3/h6H,4-5H2,1-3H3,(H,13,15,19)(H,14,16,20). The van der Waals surface area contributed by atoms with Gasteiger partial charge in [-0.3, -0.25) is 14.9 Å². The SMILES string of the molecule is CCSc1nnc(NC(=O)CSc2nnc(NC(=O)C(C)C)s2)s1. The topological polar surface area (TPSA) is 110 Å². The van der Waals surface area contributed by atoms with Gasteiger partial charge in [0.15, 0.2) is 8.68 Å². The third kappa shape index (κ3) is 6.00. The van der Waals surface area contributed by atoms with Gasteiger partial charge in [0.25, 0.3) is 0 Å². The Morgan fingerprint density at radius 3 is 2.17 bits per heavy atom. The second-order valence-corrected chi connectivity index (χ2v) is 9.35. The number of nitrogens with one attached hydrogen (secondary N) is 2. The second kappa shape index (κ2) is 9.30. The molecule has 0 spiro atoms. The summed E-state index contributed by atoms with van der Waals surface area (Å²) in [6.45, 7) is 5.63. The molecule has 0 unspecified atom stereocenters. The van der Waals surface area contributed by atoms with Crippen LogP contribution in [0.25, 0.3) is 0 Å². The van der Waals surface area contributed by atoms with Gasteiger partial charge in [-0.25, -0.2) is 0 Å². The summed E-state index contributed by atoms with van der Waals surface area (Å²) in [5, 5.41) is 22.0. The molecule has 0 atom stereocenters. The van der Waals surface area contributed by atoms with E-state index in [9.17, 15) is 9.59 Å². The van der Waals surface area contributed by atoms with Gasteiger partial charge in [0.05, 0.1) is 5.75 Å². The smallest absolute Gasteiger partial charge is 0.236 e. The zero-order chi connectivity index (χ0) is 17.5. The predicted molar refractivity (Wildman–Crippen MR) is 99.0 cm³/mol. The Balaban J connectivity index is 1.79. The molecule has 2 heterocycles. The van der Waals surface area contributed by atoms with Crippen LogP contribution in [0.4, 0.5) is 10.3 Å². The Bertz CT molecular complexity index is 701. The molecule has 2 rings (SSSR count). The van der Waals surface area contributed by atoms with Crippen molar-refractivity contribution in [1.82, 2.24) is 20.4 Å². The van der Waals surface area contributed by atoms with Crippen molar-refractivity contribution in [3.05, 3.63) is 0 Å². The van der Waals surface area contributed by atoms with Crippen LogP contribution < -0.4 is 10.6 Å². The van der Waals surface area contributed by atoms with Crippen LogP contribution in [0.1, 0.15) is 20.8 Å². The number of carbonyl (C=O) groups is 2. The Labute approximate surface area is 155 Å². The van der Waals surface area contributed by atoms with E-state index in [1.54, 1.807) is 25.6 Å². The number of aromatic nitrogens is 4. The molecular weight excluding hydrogens is 388 g/mol. The average Bonchev–Trinajstić information content (AvgIpc) is 3.15. The highest BCUT2D eigenvalue weighted by Gasteiger charge is 2.13. The van der Waals surface area contributed by atoms with E-state index in [1.807, 2.05) is 6.92 Å². The largest absolute Gasteiger partial charge is 0.300 e. The van der Waals surface area contributed by atoms with Gasteiger partial charge in [0.2, 0.25) is 22.1 Å². The van der Waals surface area contributed by atoms with Crippen LogP contribution in [0.2, 0.25) is 0 Å². The summed E-state index contributed by atoms with van der Waals surface area (Å²) in [5.41, 5.74) is 0. The highest BCUT2D eigenvalue weighted by molar-refractivity contribution is 8.01. The molecule has 0 radical (unpaired) electrons. The lowest BCUT2D eigenvalue weighted by atomic mass is 10.2. The maximum atomic E-state index is 11.9. The number of carbonyl (C=O) groups excluding carboxylic acids is 2. The fourth-order valence-electron chi connectivity index (χ4n) is 1.29. The maximum Gasteiger partial charge on any atom is 0.236 e. The first-order valence-electron chi connectivity index (χ1n) is 7.01.